The third-order valence-electron chi connectivity index (χ3n) is 5.38. The molecule has 2 aliphatic heterocycles. The predicted octanol–water partition coefficient (Wildman–Crippen LogP) is 2.99. The summed E-state index contributed by atoms with van der Waals surface area (Å²) in [7, 11) is 1.64. The number of nitrogens with one attached hydrogen (secondary N) is 1. The lowest BCUT2D eigenvalue weighted by atomic mass is 9.84. The molecule has 136 valence electrons. The normalized spacial score (nSPS) is 21.5. The second kappa shape index (κ2) is 7.60. The highest BCUT2D eigenvalue weighted by Gasteiger charge is 2.35. The number of nitrogens with zero attached hydrogens (tertiary/aromatic N) is 2. The Hall–Kier alpha value is -1.82. The van der Waals surface area contributed by atoms with Crippen molar-refractivity contribution in [2.75, 3.05) is 33.2 Å². The van der Waals surface area contributed by atoms with Crippen LogP contribution in [0.2, 0.25) is 5.02 Å². The summed E-state index contributed by atoms with van der Waals surface area (Å²) in [5, 5.41) is 3.02. The van der Waals surface area contributed by atoms with Crippen LogP contribution < -0.4 is 5.32 Å². The van der Waals surface area contributed by atoms with Gasteiger partial charge in [-0.25, -0.2) is 9.18 Å². The Labute approximate surface area is 152 Å². The van der Waals surface area contributed by atoms with E-state index in [-0.39, 0.29) is 17.5 Å². The van der Waals surface area contributed by atoms with Crippen LogP contribution in [0.4, 0.5) is 9.18 Å². The Kier molecular flexibility index (Phi) is 5.47. The number of amides is 3. The van der Waals surface area contributed by atoms with Gasteiger partial charge in [0.1, 0.15) is 5.82 Å². The number of hydrogen-bond acceptors (Lipinski definition) is 2. The topological polar surface area (TPSA) is 52.7 Å². The average molecular weight is 368 g/mol. The van der Waals surface area contributed by atoms with Crippen LogP contribution in [0.15, 0.2) is 18.2 Å². The standard InChI is InChI=1S/C18H23ClFN3O2/c1-21-18(25)22-7-4-12(5-8-22)13-6-9-23(11-13)17(24)15-10-14(19)2-3-16(15)20/h2-3,10,12-13H,4-9,11H2,1H3,(H,21,25). The molecule has 2 fully saturated rings. The molecule has 0 saturated carbocycles. The van der Waals surface area contributed by atoms with Gasteiger partial charge >= 0.3 is 6.03 Å². The van der Waals surface area contributed by atoms with Crippen LogP contribution in [0.25, 0.3) is 0 Å². The van der Waals surface area contributed by atoms with Crippen LogP contribution >= 0.6 is 11.6 Å². The highest BCUT2D eigenvalue weighted by molar-refractivity contribution is 6.31. The molecular formula is C18H23ClFN3O2. The highest BCUT2D eigenvalue weighted by atomic mass is 35.5. The molecule has 0 bridgehead atoms. The first-order valence-electron chi connectivity index (χ1n) is 8.70. The van der Waals surface area contributed by atoms with E-state index in [4.69, 9.17) is 11.6 Å². The molecule has 1 N–H and O–H groups in total. The minimum absolute atomic E-state index is 0.0295. The van der Waals surface area contributed by atoms with Gasteiger partial charge in [-0.05, 0) is 49.3 Å². The number of halogens is 2. The molecule has 0 aliphatic carbocycles. The third kappa shape index (κ3) is 3.89. The van der Waals surface area contributed by atoms with Crippen molar-refractivity contribution in [1.29, 1.82) is 0 Å². The fourth-order valence-electron chi connectivity index (χ4n) is 3.92. The lowest BCUT2D eigenvalue weighted by molar-refractivity contribution is 0.0772. The van der Waals surface area contributed by atoms with E-state index >= 15 is 0 Å². The summed E-state index contributed by atoms with van der Waals surface area (Å²) >= 11 is 5.89. The van der Waals surface area contributed by atoms with E-state index < -0.39 is 5.82 Å². The first kappa shape index (κ1) is 18.0. The van der Waals surface area contributed by atoms with E-state index in [9.17, 15) is 14.0 Å². The van der Waals surface area contributed by atoms with Crippen molar-refractivity contribution in [3.8, 4) is 0 Å². The van der Waals surface area contributed by atoms with E-state index in [1.165, 1.54) is 18.2 Å². The smallest absolute Gasteiger partial charge is 0.317 e. The maximum absolute atomic E-state index is 13.9. The quantitative estimate of drug-likeness (QED) is 0.873. The second-order valence-electron chi connectivity index (χ2n) is 6.80. The maximum Gasteiger partial charge on any atom is 0.317 e. The van der Waals surface area contributed by atoms with Gasteiger partial charge in [0.05, 0.1) is 5.56 Å². The largest absolute Gasteiger partial charge is 0.341 e. The summed E-state index contributed by atoms with van der Waals surface area (Å²) in [4.78, 5) is 27.8. The summed E-state index contributed by atoms with van der Waals surface area (Å²) in [6.45, 7) is 2.79. The van der Waals surface area contributed by atoms with Crippen LogP contribution in [-0.4, -0.2) is 55.0 Å². The molecule has 5 nitrogen and oxygen atoms in total. The van der Waals surface area contributed by atoms with Gasteiger partial charge in [-0.1, -0.05) is 11.6 Å². The number of piperidine rings is 1. The molecule has 7 heteroatoms. The molecular weight excluding hydrogens is 345 g/mol. The molecule has 2 saturated heterocycles. The number of rotatable bonds is 2. The van der Waals surface area contributed by atoms with Crippen LogP contribution in [0.3, 0.4) is 0 Å². The Morgan fingerprint density at radius 1 is 1.12 bits per heavy atom. The Balaban J connectivity index is 1.58. The van der Waals surface area contributed by atoms with Gasteiger partial charge in [0, 0.05) is 38.2 Å². The van der Waals surface area contributed by atoms with Gasteiger partial charge in [-0.3, -0.25) is 4.79 Å². The molecule has 2 heterocycles. The summed E-state index contributed by atoms with van der Waals surface area (Å²) in [6, 6.07) is 4.05. The van der Waals surface area contributed by atoms with Crippen LogP contribution in [0.5, 0.6) is 0 Å². The molecule has 2 aliphatic rings. The van der Waals surface area contributed by atoms with Crippen molar-refractivity contribution >= 4 is 23.5 Å². The van der Waals surface area contributed by atoms with E-state index in [2.05, 4.69) is 5.32 Å². The van der Waals surface area contributed by atoms with Gasteiger partial charge in [0.2, 0.25) is 0 Å². The molecule has 3 rings (SSSR count). The van der Waals surface area contributed by atoms with Crippen molar-refractivity contribution in [2.45, 2.75) is 19.3 Å². The zero-order valence-electron chi connectivity index (χ0n) is 14.3. The lowest BCUT2D eigenvalue weighted by Gasteiger charge is -2.34. The monoisotopic (exact) mass is 367 g/mol. The van der Waals surface area contributed by atoms with Crippen molar-refractivity contribution < 1.29 is 14.0 Å². The first-order valence-corrected chi connectivity index (χ1v) is 9.08. The molecule has 3 amide bonds. The van der Waals surface area contributed by atoms with Gasteiger partial charge in [-0.2, -0.15) is 0 Å². The minimum Gasteiger partial charge on any atom is -0.341 e. The lowest BCUT2D eigenvalue weighted by Crippen LogP contribution is -2.44. The van der Waals surface area contributed by atoms with Crippen LogP contribution in [-0.2, 0) is 0 Å². The van der Waals surface area contributed by atoms with Gasteiger partial charge in [-0.15, -0.1) is 0 Å². The fraction of sp³-hybridized carbons (Fsp3) is 0.556. The Morgan fingerprint density at radius 3 is 2.44 bits per heavy atom. The highest BCUT2D eigenvalue weighted by Crippen LogP contribution is 2.32. The zero-order chi connectivity index (χ0) is 18.0. The summed E-state index contributed by atoms with van der Waals surface area (Å²) in [5.41, 5.74) is 0.0441. The van der Waals surface area contributed by atoms with Crippen LogP contribution in [0, 0.1) is 17.7 Å². The number of hydrogen-bond donors (Lipinski definition) is 1. The fourth-order valence-corrected chi connectivity index (χ4v) is 4.09. The van der Waals surface area contributed by atoms with Crippen molar-refractivity contribution in [1.82, 2.24) is 15.1 Å². The van der Waals surface area contributed by atoms with Gasteiger partial charge < -0.3 is 15.1 Å². The van der Waals surface area contributed by atoms with Crippen molar-refractivity contribution in [3.05, 3.63) is 34.6 Å². The third-order valence-corrected chi connectivity index (χ3v) is 5.61. The maximum atomic E-state index is 13.9. The zero-order valence-corrected chi connectivity index (χ0v) is 15.1. The first-order chi connectivity index (χ1) is 12.0. The molecule has 0 aromatic heterocycles. The Bertz CT molecular complexity index is 662. The number of urea groups is 1. The second-order valence-corrected chi connectivity index (χ2v) is 7.24. The van der Waals surface area contributed by atoms with Crippen molar-refractivity contribution in [3.63, 3.8) is 0 Å². The van der Waals surface area contributed by atoms with E-state index in [0.717, 1.165) is 32.4 Å². The molecule has 0 radical (unpaired) electrons. The Morgan fingerprint density at radius 2 is 1.76 bits per heavy atom. The summed E-state index contributed by atoms with van der Waals surface area (Å²) in [6.07, 6.45) is 2.83. The molecule has 25 heavy (non-hydrogen) atoms. The molecule has 1 aromatic carbocycles. The molecule has 1 unspecified atom stereocenters. The molecule has 0 spiro atoms. The number of likely N-dealkylation sites (tertiary alicyclic amines) is 2. The number of benzene rings is 1. The van der Waals surface area contributed by atoms with Gasteiger partial charge in [0.15, 0.2) is 0 Å². The average Bonchev–Trinajstić information content (AvgIpc) is 3.12. The van der Waals surface area contributed by atoms with Gasteiger partial charge in [0.25, 0.3) is 5.91 Å². The van der Waals surface area contributed by atoms with Crippen molar-refractivity contribution in [2.24, 2.45) is 11.8 Å². The summed E-state index contributed by atoms with van der Waals surface area (Å²) < 4.78 is 13.9. The number of carbonyl (C=O) groups excluding carboxylic acids is 2. The molecule has 1 atom stereocenters. The molecule has 1 aromatic rings. The summed E-state index contributed by atoms with van der Waals surface area (Å²) in [5.74, 6) is 0.1000. The van der Waals surface area contributed by atoms with E-state index in [0.29, 0.717) is 29.9 Å². The minimum atomic E-state index is -0.531. The van der Waals surface area contributed by atoms with E-state index in [1.54, 1.807) is 11.9 Å². The van der Waals surface area contributed by atoms with Crippen LogP contribution in [0.1, 0.15) is 29.6 Å². The number of carbonyl (C=O) groups is 2. The SMILES string of the molecule is CNC(=O)N1CCC(C2CCN(C(=O)c3cc(Cl)ccc3F)C2)CC1. The van der Waals surface area contributed by atoms with E-state index in [1.807, 2.05) is 4.90 Å². The predicted molar refractivity (Wildman–Crippen MR) is 94.2 cm³/mol.